The minimum Gasteiger partial charge on any atom is -0.444 e. The molecule has 0 aliphatic carbocycles. The van der Waals surface area contributed by atoms with Gasteiger partial charge in [0.05, 0.1) is 6.54 Å². The SMILES string of the molecule is CC(C)(C)OC(=O)N1CCc2c(c3ccc(Br)nc3n2C(=O)OC(C)(C)C)C1. The molecule has 0 atom stereocenters. The molecule has 28 heavy (non-hydrogen) atoms. The lowest BCUT2D eigenvalue weighted by molar-refractivity contribution is 0.0223. The van der Waals surface area contributed by atoms with Crippen LogP contribution in [0.15, 0.2) is 16.7 Å². The highest BCUT2D eigenvalue weighted by atomic mass is 79.9. The van der Waals surface area contributed by atoms with Crippen molar-refractivity contribution in [3.05, 3.63) is 28.0 Å². The minimum absolute atomic E-state index is 0.360. The number of halogens is 1. The Kier molecular flexibility index (Phi) is 5.20. The Morgan fingerprint density at radius 3 is 2.25 bits per heavy atom. The number of carbonyl (C=O) groups is 2. The molecule has 0 fully saturated rings. The van der Waals surface area contributed by atoms with E-state index in [0.717, 1.165) is 16.6 Å². The normalized spacial score (nSPS) is 14.8. The number of carbonyl (C=O) groups excluding carboxylic acids is 2. The first-order valence-corrected chi connectivity index (χ1v) is 10.0. The number of rotatable bonds is 0. The predicted octanol–water partition coefficient (Wildman–Crippen LogP) is 4.88. The predicted molar refractivity (Wildman–Crippen MR) is 109 cm³/mol. The summed E-state index contributed by atoms with van der Waals surface area (Å²) in [6.07, 6.45) is -0.307. The first-order chi connectivity index (χ1) is 12.9. The van der Waals surface area contributed by atoms with Crippen LogP contribution in [-0.4, -0.2) is 44.4 Å². The Hall–Kier alpha value is -2.09. The second kappa shape index (κ2) is 7.06. The van der Waals surface area contributed by atoms with E-state index >= 15 is 0 Å². The fraction of sp³-hybridized carbons (Fsp3) is 0.550. The molecule has 7 nitrogen and oxygen atoms in total. The highest BCUT2D eigenvalue weighted by Crippen LogP contribution is 2.32. The number of pyridine rings is 1. The van der Waals surface area contributed by atoms with Gasteiger partial charge in [-0.1, -0.05) is 0 Å². The first-order valence-electron chi connectivity index (χ1n) is 9.26. The molecule has 8 heteroatoms. The van der Waals surface area contributed by atoms with Gasteiger partial charge in [-0.3, -0.25) is 0 Å². The Morgan fingerprint density at radius 2 is 1.64 bits per heavy atom. The molecule has 0 bridgehead atoms. The summed E-state index contributed by atoms with van der Waals surface area (Å²) in [6, 6.07) is 3.74. The molecule has 3 heterocycles. The van der Waals surface area contributed by atoms with Crippen LogP contribution < -0.4 is 0 Å². The van der Waals surface area contributed by atoms with Gasteiger partial charge in [-0.15, -0.1) is 0 Å². The molecule has 0 unspecified atom stereocenters. The lowest BCUT2D eigenvalue weighted by Gasteiger charge is -2.30. The molecule has 0 spiro atoms. The smallest absolute Gasteiger partial charge is 0.420 e. The van der Waals surface area contributed by atoms with Crippen LogP contribution in [-0.2, 0) is 22.4 Å². The van der Waals surface area contributed by atoms with E-state index in [1.807, 2.05) is 53.7 Å². The lowest BCUT2D eigenvalue weighted by Crippen LogP contribution is -2.40. The fourth-order valence-corrected chi connectivity index (χ4v) is 3.49. The summed E-state index contributed by atoms with van der Waals surface area (Å²) in [6.45, 7) is 11.8. The molecule has 1 aliphatic rings. The van der Waals surface area contributed by atoms with E-state index in [0.29, 0.717) is 29.8 Å². The molecule has 2 aromatic rings. The molecule has 0 N–H and O–H groups in total. The number of nitrogens with zero attached hydrogens (tertiary/aromatic N) is 3. The van der Waals surface area contributed by atoms with Crippen molar-refractivity contribution in [1.82, 2.24) is 14.5 Å². The van der Waals surface area contributed by atoms with Gasteiger partial charge in [0.2, 0.25) is 0 Å². The van der Waals surface area contributed by atoms with Crippen LogP contribution in [0.2, 0.25) is 0 Å². The molecule has 1 amide bonds. The second-order valence-electron chi connectivity index (χ2n) is 8.90. The summed E-state index contributed by atoms with van der Waals surface area (Å²) < 4.78 is 13.3. The third-order valence-electron chi connectivity index (χ3n) is 4.19. The van der Waals surface area contributed by atoms with Gasteiger partial charge in [0, 0.05) is 29.6 Å². The molecule has 1 aliphatic heterocycles. The summed E-state index contributed by atoms with van der Waals surface area (Å²) in [5.74, 6) is 0. The lowest BCUT2D eigenvalue weighted by atomic mass is 10.1. The maximum Gasteiger partial charge on any atom is 0.420 e. The van der Waals surface area contributed by atoms with E-state index < -0.39 is 17.3 Å². The summed E-state index contributed by atoms with van der Waals surface area (Å²) >= 11 is 3.38. The number of ether oxygens (including phenoxy) is 2. The van der Waals surface area contributed by atoms with Gasteiger partial charge in [0.15, 0.2) is 5.65 Å². The molecule has 0 saturated carbocycles. The van der Waals surface area contributed by atoms with E-state index in [4.69, 9.17) is 9.47 Å². The Balaban J connectivity index is 2.03. The molecule has 2 aromatic heterocycles. The van der Waals surface area contributed by atoms with Crippen molar-refractivity contribution < 1.29 is 19.1 Å². The number of fused-ring (bicyclic) bond motifs is 3. The van der Waals surface area contributed by atoms with Crippen molar-refractivity contribution in [3.63, 3.8) is 0 Å². The van der Waals surface area contributed by atoms with Gasteiger partial charge in [0.25, 0.3) is 0 Å². The van der Waals surface area contributed by atoms with Crippen molar-refractivity contribution >= 4 is 39.1 Å². The average molecular weight is 452 g/mol. The van der Waals surface area contributed by atoms with Crippen LogP contribution in [0.25, 0.3) is 11.0 Å². The van der Waals surface area contributed by atoms with E-state index in [2.05, 4.69) is 20.9 Å². The number of hydrogen-bond donors (Lipinski definition) is 0. The quantitative estimate of drug-likeness (QED) is 0.533. The van der Waals surface area contributed by atoms with Crippen LogP contribution in [0.1, 0.15) is 52.8 Å². The zero-order valence-corrected chi connectivity index (χ0v) is 18.7. The van der Waals surface area contributed by atoms with Gasteiger partial charge in [-0.05, 0) is 69.6 Å². The molecular formula is C20H26BrN3O4. The zero-order chi connectivity index (χ0) is 20.9. The Labute approximate surface area is 173 Å². The summed E-state index contributed by atoms with van der Waals surface area (Å²) in [7, 11) is 0. The first kappa shape index (κ1) is 20.6. The van der Waals surface area contributed by atoms with E-state index in [9.17, 15) is 9.59 Å². The van der Waals surface area contributed by atoms with Crippen LogP contribution >= 0.6 is 15.9 Å². The zero-order valence-electron chi connectivity index (χ0n) is 17.1. The molecule has 0 aromatic carbocycles. The van der Waals surface area contributed by atoms with Crippen LogP contribution in [0.5, 0.6) is 0 Å². The molecule has 3 rings (SSSR count). The topological polar surface area (TPSA) is 73.7 Å². The monoisotopic (exact) mass is 451 g/mol. The van der Waals surface area contributed by atoms with Gasteiger partial charge in [-0.2, -0.15) is 0 Å². The molecule has 152 valence electrons. The molecule has 0 radical (unpaired) electrons. The van der Waals surface area contributed by atoms with Gasteiger partial charge < -0.3 is 14.4 Å². The largest absolute Gasteiger partial charge is 0.444 e. The van der Waals surface area contributed by atoms with Crippen molar-refractivity contribution in [2.24, 2.45) is 0 Å². The second-order valence-corrected chi connectivity index (χ2v) is 9.71. The number of amides is 1. The van der Waals surface area contributed by atoms with Crippen molar-refractivity contribution in [3.8, 4) is 0 Å². The van der Waals surface area contributed by atoms with E-state index in [-0.39, 0.29) is 6.09 Å². The van der Waals surface area contributed by atoms with Gasteiger partial charge >= 0.3 is 12.2 Å². The minimum atomic E-state index is -0.621. The van der Waals surface area contributed by atoms with Crippen LogP contribution in [0.4, 0.5) is 9.59 Å². The Morgan fingerprint density at radius 1 is 1.04 bits per heavy atom. The fourth-order valence-electron chi connectivity index (χ4n) is 3.19. The van der Waals surface area contributed by atoms with E-state index in [1.165, 1.54) is 4.57 Å². The summed E-state index contributed by atoms with van der Waals surface area (Å²) in [5, 5.41) is 0.831. The summed E-state index contributed by atoms with van der Waals surface area (Å²) in [4.78, 5) is 31.6. The average Bonchev–Trinajstić information content (AvgIpc) is 2.84. The summed E-state index contributed by atoms with van der Waals surface area (Å²) in [5.41, 5.74) is 1.07. The highest BCUT2D eigenvalue weighted by Gasteiger charge is 2.32. The van der Waals surface area contributed by atoms with Crippen LogP contribution in [0, 0.1) is 0 Å². The maximum absolute atomic E-state index is 12.9. The maximum atomic E-state index is 12.9. The Bertz CT molecular complexity index is 938. The highest BCUT2D eigenvalue weighted by molar-refractivity contribution is 9.10. The molecular weight excluding hydrogens is 426 g/mol. The van der Waals surface area contributed by atoms with Gasteiger partial charge in [-0.25, -0.2) is 19.1 Å². The van der Waals surface area contributed by atoms with Crippen LogP contribution in [0.3, 0.4) is 0 Å². The van der Waals surface area contributed by atoms with Crippen molar-refractivity contribution in [1.29, 1.82) is 0 Å². The van der Waals surface area contributed by atoms with Gasteiger partial charge in [0.1, 0.15) is 15.8 Å². The third kappa shape index (κ3) is 4.32. The van der Waals surface area contributed by atoms with Crippen molar-refractivity contribution in [2.75, 3.05) is 6.54 Å². The molecule has 0 saturated heterocycles. The standard InChI is InChI=1S/C20H26BrN3O4/c1-19(2,3)27-17(25)23-10-9-14-13(11-23)12-7-8-15(21)22-16(12)24(14)18(26)28-20(4,5)6/h7-8H,9-11H2,1-6H3. The third-order valence-corrected chi connectivity index (χ3v) is 4.63. The van der Waals surface area contributed by atoms with E-state index in [1.54, 1.807) is 4.90 Å². The number of aromatic nitrogens is 2. The van der Waals surface area contributed by atoms with Crippen molar-refractivity contribution in [2.45, 2.75) is 65.7 Å². The number of hydrogen-bond acceptors (Lipinski definition) is 5.